The SMILES string of the molecule is CC(C)N1CCN(C(=O)Cc2cnc[nH]2)CC1. The number of hydrogen-bond donors (Lipinski definition) is 1. The Morgan fingerprint density at radius 2 is 2.12 bits per heavy atom. The average molecular weight is 236 g/mol. The Kier molecular flexibility index (Phi) is 3.78. The van der Waals surface area contributed by atoms with Crippen LogP contribution in [-0.4, -0.2) is 57.9 Å². The first-order chi connectivity index (χ1) is 8.16. The van der Waals surface area contributed by atoms with Crippen LogP contribution in [0.1, 0.15) is 19.5 Å². The van der Waals surface area contributed by atoms with E-state index in [9.17, 15) is 4.79 Å². The van der Waals surface area contributed by atoms with Crippen LogP contribution in [0.3, 0.4) is 0 Å². The molecule has 0 bridgehead atoms. The normalized spacial score (nSPS) is 17.7. The topological polar surface area (TPSA) is 52.2 Å². The van der Waals surface area contributed by atoms with Crippen molar-refractivity contribution in [3.8, 4) is 0 Å². The molecule has 1 aliphatic heterocycles. The van der Waals surface area contributed by atoms with Crippen LogP contribution in [0.15, 0.2) is 12.5 Å². The van der Waals surface area contributed by atoms with E-state index in [-0.39, 0.29) is 5.91 Å². The maximum atomic E-state index is 12.0. The highest BCUT2D eigenvalue weighted by Gasteiger charge is 2.22. The number of imidazole rings is 1. The molecular weight excluding hydrogens is 216 g/mol. The summed E-state index contributed by atoms with van der Waals surface area (Å²) in [5.41, 5.74) is 0.890. The molecule has 0 atom stereocenters. The summed E-state index contributed by atoms with van der Waals surface area (Å²) >= 11 is 0. The van der Waals surface area contributed by atoms with Crippen LogP contribution < -0.4 is 0 Å². The Hall–Kier alpha value is -1.36. The molecule has 0 radical (unpaired) electrons. The maximum Gasteiger partial charge on any atom is 0.228 e. The summed E-state index contributed by atoms with van der Waals surface area (Å²) in [7, 11) is 0. The second-order valence-corrected chi connectivity index (χ2v) is 4.76. The summed E-state index contributed by atoms with van der Waals surface area (Å²) in [5, 5.41) is 0. The molecule has 17 heavy (non-hydrogen) atoms. The third-order valence-corrected chi connectivity index (χ3v) is 3.29. The predicted octanol–water partition coefficient (Wildman–Crippen LogP) is 0.505. The molecule has 1 aliphatic rings. The number of carbonyl (C=O) groups is 1. The molecule has 1 amide bonds. The van der Waals surface area contributed by atoms with Crippen LogP contribution in [0.2, 0.25) is 0 Å². The van der Waals surface area contributed by atoms with Crippen molar-refractivity contribution in [1.29, 1.82) is 0 Å². The summed E-state index contributed by atoms with van der Waals surface area (Å²) < 4.78 is 0. The molecule has 5 heteroatoms. The van der Waals surface area contributed by atoms with Crippen LogP contribution in [0, 0.1) is 0 Å². The molecule has 5 nitrogen and oxygen atoms in total. The zero-order valence-electron chi connectivity index (χ0n) is 10.5. The van der Waals surface area contributed by atoms with Crippen LogP contribution in [-0.2, 0) is 11.2 Å². The molecule has 2 rings (SSSR count). The summed E-state index contributed by atoms with van der Waals surface area (Å²) in [6.45, 7) is 8.03. The Bertz CT molecular complexity index is 353. The van der Waals surface area contributed by atoms with Crippen LogP contribution in [0.4, 0.5) is 0 Å². The third-order valence-electron chi connectivity index (χ3n) is 3.29. The molecule has 0 spiro atoms. The third kappa shape index (κ3) is 3.06. The minimum absolute atomic E-state index is 0.192. The van der Waals surface area contributed by atoms with Gasteiger partial charge in [-0.1, -0.05) is 0 Å². The molecule has 1 N–H and O–H groups in total. The summed E-state index contributed by atoms with van der Waals surface area (Å²) in [6.07, 6.45) is 3.75. The summed E-state index contributed by atoms with van der Waals surface area (Å²) in [5.74, 6) is 0.192. The van der Waals surface area contributed by atoms with Gasteiger partial charge in [-0.3, -0.25) is 9.69 Å². The molecular formula is C12H20N4O. The van der Waals surface area contributed by atoms with Gasteiger partial charge < -0.3 is 9.88 Å². The van der Waals surface area contributed by atoms with Gasteiger partial charge >= 0.3 is 0 Å². The van der Waals surface area contributed by atoms with E-state index < -0.39 is 0 Å². The van der Waals surface area contributed by atoms with Crippen molar-refractivity contribution in [2.45, 2.75) is 26.3 Å². The minimum atomic E-state index is 0.192. The number of nitrogens with zero attached hydrogens (tertiary/aromatic N) is 3. The second kappa shape index (κ2) is 5.31. The van der Waals surface area contributed by atoms with Gasteiger partial charge in [-0.2, -0.15) is 0 Å². The zero-order valence-corrected chi connectivity index (χ0v) is 10.5. The summed E-state index contributed by atoms with van der Waals surface area (Å²) in [4.78, 5) is 23.2. The van der Waals surface area contributed by atoms with Gasteiger partial charge in [-0.05, 0) is 13.8 Å². The lowest BCUT2D eigenvalue weighted by Gasteiger charge is -2.36. The minimum Gasteiger partial charge on any atom is -0.348 e. The van der Waals surface area contributed by atoms with Gasteiger partial charge in [0.15, 0.2) is 0 Å². The number of piperazine rings is 1. The second-order valence-electron chi connectivity index (χ2n) is 4.76. The van der Waals surface area contributed by atoms with Gasteiger partial charge in [-0.15, -0.1) is 0 Å². The van der Waals surface area contributed by atoms with Gasteiger partial charge in [0.1, 0.15) is 0 Å². The van der Waals surface area contributed by atoms with Crippen LogP contribution in [0.5, 0.6) is 0 Å². The first kappa shape index (κ1) is 12.1. The fraction of sp³-hybridized carbons (Fsp3) is 0.667. The molecule has 0 unspecified atom stereocenters. The van der Waals surface area contributed by atoms with Crippen molar-refractivity contribution in [3.05, 3.63) is 18.2 Å². The molecule has 1 saturated heterocycles. The Balaban J connectivity index is 1.82. The molecule has 0 aliphatic carbocycles. The van der Waals surface area contributed by atoms with Crippen LogP contribution in [0.25, 0.3) is 0 Å². The first-order valence-corrected chi connectivity index (χ1v) is 6.16. The number of aromatic nitrogens is 2. The van der Waals surface area contributed by atoms with E-state index in [1.165, 1.54) is 0 Å². The number of nitrogens with one attached hydrogen (secondary N) is 1. The maximum absolute atomic E-state index is 12.0. The molecule has 1 aromatic rings. The van der Waals surface area contributed by atoms with E-state index in [0.717, 1.165) is 31.9 Å². The van der Waals surface area contributed by atoms with Crippen molar-refractivity contribution in [2.24, 2.45) is 0 Å². The highest BCUT2D eigenvalue weighted by molar-refractivity contribution is 5.78. The fourth-order valence-electron chi connectivity index (χ4n) is 2.14. The van der Waals surface area contributed by atoms with Gasteiger partial charge in [0.05, 0.1) is 12.7 Å². The van der Waals surface area contributed by atoms with Crippen molar-refractivity contribution in [2.75, 3.05) is 26.2 Å². The highest BCUT2D eigenvalue weighted by Crippen LogP contribution is 2.07. The number of rotatable bonds is 3. The van der Waals surface area contributed by atoms with Crippen molar-refractivity contribution >= 4 is 5.91 Å². The number of carbonyl (C=O) groups excluding carboxylic acids is 1. The zero-order chi connectivity index (χ0) is 12.3. The van der Waals surface area contributed by atoms with Crippen molar-refractivity contribution in [1.82, 2.24) is 19.8 Å². The molecule has 0 aromatic carbocycles. The van der Waals surface area contributed by atoms with E-state index in [2.05, 4.69) is 28.7 Å². The highest BCUT2D eigenvalue weighted by atomic mass is 16.2. The van der Waals surface area contributed by atoms with Gasteiger partial charge in [0.25, 0.3) is 0 Å². The Labute approximate surface area is 102 Å². The monoisotopic (exact) mass is 236 g/mol. The molecule has 0 saturated carbocycles. The van der Waals surface area contributed by atoms with E-state index in [0.29, 0.717) is 12.5 Å². The molecule has 94 valence electrons. The molecule has 2 heterocycles. The first-order valence-electron chi connectivity index (χ1n) is 6.16. The largest absolute Gasteiger partial charge is 0.348 e. The average Bonchev–Trinajstić information content (AvgIpc) is 2.82. The number of aromatic amines is 1. The van der Waals surface area contributed by atoms with Gasteiger partial charge in [0.2, 0.25) is 5.91 Å². The number of hydrogen-bond acceptors (Lipinski definition) is 3. The van der Waals surface area contributed by atoms with E-state index in [1.807, 2.05) is 4.90 Å². The fourth-order valence-corrected chi connectivity index (χ4v) is 2.14. The van der Waals surface area contributed by atoms with E-state index >= 15 is 0 Å². The van der Waals surface area contributed by atoms with Gasteiger partial charge in [-0.25, -0.2) is 4.98 Å². The van der Waals surface area contributed by atoms with E-state index in [1.54, 1.807) is 12.5 Å². The lowest BCUT2D eigenvalue weighted by molar-refractivity contribution is -0.132. The smallest absolute Gasteiger partial charge is 0.228 e. The van der Waals surface area contributed by atoms with Gasteiger partial charge in [0, 0.05) is 44.1 Å². The van der Waals surface area contributed by atoms with Crippen molar-refractivity contribution in [3.63, 3.8) is 0 Å². The standard InChI is InChI=1S/C12H20N4O/c1-10(2)15-3-5-16(6-4-15)12(17)7-11-8-13-9-14-11/h8-10H,3-7H2,1-2H3,(H,13,14). The van der Waals surface area contributed by atoms with Crippen LogP contribution >= 0.6 is 0 Å². The Morgan fingerprint density at radius 1 is 1.41 bits per heavy atom. The quantitative estimate of drug-likeness (QED) is 0.831. The number of H-pyrrole nitrogens is 1. The Morgan fingerprint density at radius 3 is 2.65 bits per heavy atom. The summed E-state index contributed by atoms with van der Waals surface area (Å²) in [6, 6.07) is 0.569. The van der Waals surface area contributed by atoms with Crippen molar-refractivity contribution < 1.29 is 4.79 Å². The molecule has 1 fully saturated rings. The predicted molar refractivity (Wildman–Crippen MR) is 65.6 cm³/mol. The lowest BCUT2D eigenvalue weighted by atomic mass is 10.2. The van der Waals surface area contributed by atoms with E-state index in [4.69, 9.17) is 0 Å². The molecule has 1 aromatic heterocycles. The number of amides is 1. The lowest BCUT2D eigenvalue weighted by Crippen LogP contribution is -2.51.